The third-order valence-electron chi connectivity index (χ3n) is 4.66. The van der Waals surface area contributed by atoms with E-state index in [2.05, 4.69) is 17.5 Å². The minimum absolute atomic E-state index is 0.0392. The second-order valence-corrected chi connectivity index (χ2v) is 5.91. The summed E-state index contributed by atoms with van der Waals surface area (Å²) < 4.78 is 5.32. The van der Waals surface area contributed by atoms with Gasteiger partial charge in [0.05, 0.1) is 12.1 Å². The number of carbonyl (C=O) groups excluding carboxylic acids is 1. The topological polar surface area (TPSA) is 58.6 Å². The Balaban J connectivity index is 1.51. The minimum Gasteiger partial charge on any atom is -0.394 e. The summed E-state index contributed by atoms with van der Waals surface area (Å²) in [6, 6.07) is 0. The van der Waals surface area contributed by atoms with Crippen LogP contribution in [0.1, 0.15) is 12.8 Å². The number of ether oxygens (including phenoxy) is 1. The van der Waals surface area contributed by atoms with Gasteiger partial charge >= 0.3 is 0 Å². The molecule has 0 aromatic rings. The number of nitrogens with one attached hydrogen (secondary N) is 1. The summed E-state index contributed by atoms with van der Waals surface area (Å²) in [4.78, 5) is 12.5. The van der Waals surface area contributed by atoms with E-state index in [1.807, 2.05) is 12.2 Å². The zero-order valence-corrected chi connectivity index (χ0v) is 11.2. The number of amides is 1. The largest absolute Gasteiger partial charge is 0.394 e. The third-order valence-corrected chi connectivity index (χ3v) is 4.66. The van der Waals surface area contributed by atoms with Gasteiger partial charge in [-0.25, -0.2) is 0 Å². The van der Waals surface area contributed by atoms with E-state index in [1.54, 1.807) is 0 Å². The first kappa shape index (κ1) is 12.1. The fourth-order valence-corrected chi connectivity index (χ4v) is 3.25. The lowest BCUT2D eigenvalue weighted by atomic mass is 9.90. The van der Waals surface area contributed by atoms with Gasteiger partial charge in [-0.15, -0.1) is 0 Å². The molecule has 1 heterocycles. The molecule has 20 heavy (non-hydrogen) atoms. The molecule has 4 aliphatic rings. The van der Waals surface area contributed by atoms with Crippen molar-refractivity contribution in [3.8, 4) is 0 Å². The molecule has 4 nitrogen and oxygen atoms in total. The van der Waals surface area contributed by atoms with Crippen molar-refractivity contribution < 1.29 is 14.6 Å². The number of carbonyl (C=O) groups is 1. The van der Waals surface area contributed by atoms with Gasteiger partial charge in [-0.1, -0.05) is 12.2 Å². The van der Waals surface area contributed by atoms with Crippen molar-refractivity contribution in [3.05, 3.63) is 46.6 Å². The Bertz CT molecular complexity index is 603. The zero-order valence-electron chi connectivity index (χ0n) is 11.2. The zero-order chi connectivity index (χ0) is 13.7. The van der Waals surface area contributed by atoms with Crippen LogP contribution in [0.4, 0.5) is 0 Å². The number of hydrogen-bond donors (Lipinski definition) is 2. The monoisotopic (exact) mass is 271 g/mol. The second-order valence-electron chi connectivity index (χ2n) is 5.91. The number of allylic oxidation sites excluding steroid dienone is 6. The maximum atomic E-state index is 12.5. The number of aliphatic hydroxyl groups excluding tert-OH is 1. The molecule has 0 radical (unpaired) electrons. The number of rotatable bonds is 3. The molecular weight excluding hydrogens is 254 g/mol. The van der Waals surface area contributed by atoms with Gasteiger partial charge in [0.15, 0.2) is 0 Å². The predicted molar refractivity (Wildman–Crippen MR) is 73.8 cm³/mol. The number of hydrogen-bond acceptors (Lipinski definition) is 3. The Labute approximate surface area is 117 Å². The smallest absolute Gasteiger partial charge is 0.252 e. The fraction of sp³-hybridized carbons (Fsp3) is 0.438. The lowest BCUT2D eigenvalue weighted by Crippen LogP contribution is -2.55. The molecule has 0 aromatic heterocycles. The molecule has 3 aliphatic carbocycles. The van der Waals surface area contributed by atoms with Crippen LogP contribution in [0.2, 0.25) is 0 Å². The van der Waals surface area contributed by atoms with Crippen LogP contribution in [0.3, 0.4) is 0 Å². The van der Waals surface area contributed by atoms with E-state index in [4.69, 9.17) is 4.74 Å². The Kier molecular flexibility index (Phi) is 2.53. The Hall–Kier alpha value is -1.65. The average Bonchev–Trinajstić information content (AvgIpc) is 2.95. The van der Waals surface area contributed by atoms with Crippen molar-refractivity contribution in [2.75, 3.05) is 19.8 Å². The standard InChI is InChI=1S/C16H17NO3/c18-9-16(3-5-20-6-4-16)17-15(19)12-2-1-11-13-7-10(13)8-14(11)12/h1-2,7-8,13,18H,3-6,9H2,(H,17,19). The summed E-state index contributed by atoms with van der Waals surface area (Å²) in [5.74, 6) is 0.377. The molecule has 1 aliphatic heterocycles. The first-order valence-electron chi connectivity index (χ1n) is 7.10. The van der Waals surface area contributed by atoms with E-state index in [-0.39, 0.29) is 12.5 Å². The second kappa shape index (κ2) is 4.17. The number of aliphatic hydroxyl groups is 1. The van der Waals surface area contributed by atoms with Crippen LogP contribution in [0.25, 0.3) is 0 Å². The van der Waals surface area contributed by atoms with Gasteiger partial charge in [-0.2, -0.15) is 0 Å². The molecule has 4 heteroatoms. The van der Waals surface area contributed by atoms with Crippen LogP contribution in [-0.2, 0) is 9.53 Å². The van der Waals surface area contributed by atoms with E-state index in [0.29, 0.717) is 32.0 Å². The SMILES string of the molecule is O=C(NC1(CO)CCOCC1)C1=CC=C2C1=CC1=CC12. The van der Waals surface area contributed by atoms with Gasteiger partial charge < -0.3 is 15.2 Å². The summed E-state index contributed by atoms with van der Waals surface area (Å²) >= 11 is 0. The van der Waals surface area contributed by atoms with Crippen LogP contribution in [0.5, 0.6) is 0 Å². The van der Waals surface area contributed by atoms with Crippen LogP contribution >= 0.6 is 0 Å². The Morgan fingerprint density at radius 3 is 2.95 bits per heavy atom. The third kappa shape index (κ3) is 1.72. The molecule has 1 atom stereocenters. The molecular formula is C16H17NO3. The van der Waals surface area contributed by atoms with E-state index in [9.17, 15) is 9.90 Å². The molecule has 2 N–H and O–H groups in total. The van der Waals surface area contributed by atoms with Gasteiger partial charge in [0.1, 0.15) is 0 Å². The first-order valence-corrected chi connectivity index (χ1v) is 7.10. The average molecular weight is 271 g/mol. The van der Waals surface area contributed by atoms with Crippen molar-refractivity contribution >= 4 is 5.91 Å². The first-order chi connectivity index (χ1) is 9.72. The highest BCUT2D eigenvalue weighted by Gasteiger charge is 2.41. The molecule has 104 valence electrons. The van der Waals surface area contributed by atoms with E-state index >= 15 is 0 Å². The molecule has 0 saturated carbocycles. The molecule has 1 amide bonds. The molecule has 0 bridgehead atoms. The van der Waals surface area contributed by atoms with Gasteiger partial charge in [0.2, 0.25) is 0 Å². The lowest BCUT2D eigenvalue weighted by Gasteiger charge is -2.36. The van der Waals surface area contributed by atoms with Gasteiger partial charge in [-0.05, 0) is 41.7 Å². The molecule has 1 saturated heterocycles. The predicted octanol–water partition coefficient (Wildman–Crippen LogP) is 1.01. The van der Waals surface area contributed by atoms with E-state index in [0.717, 1.165) is 11.1 Å². The Morgan fingerprint density at radius 2 is 2.20 bits per heavy atom. The fourth-order valence-electron chi connectivity index (χ4n) is 3.25. The normalized spacial score (nSPS) is 28.8. The highest BCUT2D eigenvalue weighted by atomic mass is 16.5. The maximum absolute atomic E-state index is 12.5. The summed E-state index contributed by atoms with van der Waals surface area (Å²) in [6.07, 6.45) is 9.56. The minimum atomic E-state index is -0.528. The van der Waals surface area contributed by atoms with Gasteiger partial charge in [0, 0.05) is 24.7 Å². The highest BCUT2D eigenvalue weighted by molar-refractivity contribution is 6.02. The van der Waals surface area contributed by atoms with Gasteiger partial charge in [-0.3, -0.25) is 4.79 Å². The quantitative estimate of drug-likeness (QED) is 0.805. The summed E-state index contributed by atoms with van der Waals surface area (Å²) in [6.45, 7) is 1.13. The van der Waals surface area contributed by atoms with Crippen LogP contribution in [0, 0.1) is 5.92 Å². The van der Waals surface area contributed by atoms with Crippen molar-refractivity contribution in [1.82, 2.24) is 5.32 Å². The highest BCUT2D eigenvalue weighted by Crippen LogP contribution is 2.51. The molecule has 4 rings (SSSR count). The Morgan fingerprint density at radius 1 is 1.40 bits per heavy atom. The van der Waals surface area contributed by atoms with Crippen molar-refractivity contribution in [2.24, 2.45) is 5.92 Å². The van der Waals surface area contributed by atoms with Crippen molar-refractivity contribution in [2.45, 2.75) is 18.4 Å². The molecule has 0 aromatic carbocycles. The van der Waals surface area contributed by atoms with Crippen LogP contribution in [0.15, 0.2) is 46.6 Å². The molecule has 0 spiro atoms. The maximum Gasteiger partial charge on any atom is 0.252 e. The van der Waals surface area contributed by atoms with Crippen LogP contribution < -0.4 is 5.32 Å². The molecule has 1 fully saturated rings. The lowest BCUT2D eigenvalue weighted by molar-refractivity contribution is -0.121. The summed E-state index contributed by atoms with van der Waals surface area (Å²) in [5, 5.41) is 12.7. The van der Waals surface area contributed by atoms with Crippen molar-refractivity contribution in [1.29, 1.82) is 0 Å². The summed E-state index contributed by atoms with van der Waals surface area (Å²) in [7, 11) is 0. The van der Waals surface area contributed by atoms with E-state index < -0.39 is 5.54 Å². The molecule has 1 unspecified atom stereocenters. The van der Waals surface area contributed by atoms with E-state index in [1.165, 1.54) is 11.1 Å². The van der Waals surface area contributed by atoms with Gasteiger partial charge in [0.25, 0.3) is 5.91 Å². The summed E-state index contributed by atoms with van der Waals surface area (Å²) in [5.41, 5.74) is 3.83. The number of fused-ring (bicyclic) bond motifs is 3. The van der Waals surface area contributed by atoms with Crippen molar-refractivity contribution in [3.63, 3.8) is 0 Å². The van der Waals surface area contributed by atoms with Crippen LogP contribution in [-0.4, -0.2) is 36.4 Å².